The summed E-state index contributed by atoms with van der Waals surface area (Å²) in [7, 11) is 0. The van der Waals surface area contributed by atoms with Gasteiger partial charge in [-0.25, -0.2) is 0 Å². The van der Waals surface area contributed by atoms with Crippen LogP contribution in [-0.4, -0.2) is 4.57 Å². The second-order valence-corrected chi connectivity index (χ2v) is 16.5. The zero-order valence-corrected chi connectivity index (χ0v) is 35.1. The van der Waals surface area contributed by atoms with Gasteiger partial charge in [-0.1, -0.05) is 194 Å². The molecular weight excluding hydrogens is 773 g/mol. The maximum Gasteiger partial charge on any atom is 0.0553 e. The summed E-state index contributed by atoms with van der Waals surface area (Å²) in [5.74, 6) is 0. The highest BCUT2D eigenvalue weighted by Gasteiger charge is 2.21. The molecule has 2 nitrogen and oxygen atoms in total. The summed E-state index contributed by atoms with van der Waals surface area (Å²) in [4.78, 5) is 2.40. The molecule has 0 fully saturated rings. The Morgan fingerprint density at radius 1 is 0.281 bits per heavy atom. The minimum absolute atomic E-state index is 1.09. The summed E-state index contributed by atoms with van der Waals surface area (Å²) in [6.45, 7) is 0. The van der Waals surface area contributed by atoms with Crippen molar-refractivity contribution in [2.75, 3.05) is 4.90 Å². The van der Waals surface area contributed by atoms with Gasteiger partial charge in [0, 0.05) is 33.5 Å². The van der Waals surface area contributed by atoms with E-state index in [-0.39, 0.29) is 0 Å². The molecule has 0 saturated heterocycles. The van der Waals surface area contributed by atoms with Gasteiger partial charge in [0.2, 0.25) is 0 Å². The highest BCUT2D eigenvalue weighted by molar-refractivity contribution is 6.23. The molecule has 0 aliphatic rings. The fourth-order valence-electron chi connectivity index (χ4n) is 9.77. The van der Waals surface area contributed by atoms with Crippen LogP contribution in [0.3, 0.4) is 0 Å². The lowest BCUT2D eigenvalue weighted by Gasteiger charge is -2.27. The quantitative estimate of drug-likeness (QED) is 0.148. The van der Waals surface area contributed by atoms with Crippen LogP contribution in [0.25, 0.3) is 93.5 Å². The topological polar surface area (TPSA) is 8.17 Å². The third-order valence-electron chi connectivity index (χ3n) is 12.7. The Hall–Kier alpha value is -8.46. The van der Waals surface area contributed by atoms with Gasteiger partial charge in [0.25, 0.3) is 0 Å². The molecule has 0 bridgehead atoms. The molecule has 0 radical (unpaired) electrons. The van der Waals surface area contributed by atoms with E-state index in [1.165, 1.54) is 87.9 Å². The van der Waals surface area contributed by atoms with Gasteiger partial charge in [0.1, 0.15) is 0 Å². The maximum atomic E-state index is 2.42. The second-order valence-electron chi connectivity index (χ2n) is 16.5. The Morgan fingerprint density at radius 3 is 1.55 bits per heavy atom. The van der Waals surface area contributed by atoms with Crippen molar-refractivity contribution in [2.45, 2.75) is 0 Å². The van der Waals surface area contributed by atoms with E-state index in [0.29, 0.717) is 0 Å². The molecule has 1 heterocycles. The van der Waals surface area contributed by atoms with Gasteiger partial charge >= 0.3 is 0 Å². The molecule has 0 unspecified atom stereocenters. The van der Waals surface area contributed by atoms with Crippen molar-refractivity contribution in [1.29, 1.82) is 0 Å². The van der Waals surface area contributed by atoms with Crippen molar-refractivity contribution in [2.24, 2.45) is 0 Å². The molecule has 11 aromatic carbocycles. The highest BCUT2D eigenvalue weighted by Crippen LogP contribution is 2.45. The zero-order valence-electron chi connectivity index (χ0n) is 35.1. The molecule has 300 valence electrons. The number of rotatable bonds is 8. The predicted octanol–water partition coefficient (Wildman–Crippen LogP) is 17.2. The van der Waals surface area contributed by atoms with Crippen LogP contribution in [0, 0.1) is 0 Å². The molecule has 0 atom stereocenters. The minimum atomic E-state index is 1.09. The van der Waals surface area contributed by atoms with Crippen molar-refractivity contribution in [1.82, 2.24) is 4.57 Å². The molecule has 0 N–H and O–H groups in total. The zero-order chi connectivity index (χ0) is 42.4. The fourth-order valence-corrected chi connectivity index (χ4v) is 9.77. The number of aromatic nitrogens is 1. The lowest BCUT2D eigenvalue weighted by Crippen LogP contribution is -2.10. The van der Waals surface area contributed by atoms with E-state index in [9.17, 15) is 0 Å². The number of nitrogens with zero attached hydrogens (tertiary/aromatic N) is 2. The smallest absolute Gasteiger partial charge is 0.0553 e. The van der Waals surface area contributed by atoms with Crippen LogP contribution in [0.4, 0.5) is 17.1 Å². The van der Waals surface area contributed by atoms with E-state index in [1.54, 1.807) is 0 Å². The van der Waals surface area contributed by atoms with E-state index in [4.69, 9.17) is 0 Å². The molecule has 0 aliphatic heterocycles. The van der Waals surface area contributed by atoms with E-state index in [0.717, 1.165) is 22.7 Å². The summed E-state index contributed by atoms with van der Waals surface area (Å²) in [6.07, 6.45) is 0. The second kappa shape index (κ2) is 15.8. The molecule has 1 aromatic heterocycles. The Kier molecular flexibility index (Phi) is 9.20. The van der Waals surface area contributed by atoms with Crippen molar-refractivity contribution in [3.63, 3.8) is 0 Å². The van der Waals surface area contributed by atoms with Crippen molar-refractivity contribution >= 4 is 60.4 Å². The van der Waals surface area contributed by atoms with E-state index < -0.39 is 0 Å². The molecule has 64 heavy (non-hydrogen) atoms. The Labute approximate surface area is 373 Å². The van der Waals surface area contributed by atoms with Gasteiger partial charge in [0.05, 0.1) is 11.0 Å². The normalized spacial score (nSPS) is 11.4. The molecule has 12 aromatic rings. The number of benzene rings is 11. The largest absolute Gasteiger partial charge is 0.310 e. The minimum Gasteiger partial charge on any atom is -0.310 e. The average molecular weight is 815 g/mol. The van der Waals surface area contributed by atoms with Gasteiger partial charge < -0.3 is 9.47 Å². The first-order chi connectivity index (χ1) is 31.7. The Balaban J connectivity index is 1.00. The SMILES string of the molecule is c1ccc(-c2cccc(N(c3ccc(-c4ccc(-c5cccc6ccccc56)cc4)cc3)c3cccc(-c4c5ccccc5cc5c4c4ccccc4n5-c4ccccc4)c3)c2)cc1. The lowest BCUT2D eigenvalue weighted by molar-refractivity contribution is 1.18. The van der Waals surface area contributed by atoms with Gasteiger partial charge in [-0.15, -0.1) is 0 Å². The third-order valence-corrected chi connectivity index (χ3v) is 12.7. The van der Waals surface area contributed by atoms with Crippen molar-refractivity contribution in [3.8, 4) is 50.2 Å². The van der Waals surface area contributed by atoms with Crippen molar-refractivity contribution < 1.29 is 0 Å². The summed E-state index contributed by atoms with van der Waals surface area (Å²) in [5, 5.41) is 7.46. The molecule has 0 amide bonds. The fraction of sp³-hybridized carbons (Fsp3) is 0. The van der Waals surface area contributed by atoms with E-state index in [1.807, 2.05) is 0 Å². The average Bonchev–Trinajstić information content (AvgIpc) is 3.70. The van der Waals surface area contributed by atoms with Crippen LogP contribution in [-0.2, 0) is 0 Å². The summed E-state index contributed by atoms with van der Waals surface area (Å²) < 4.78 is 2.42. The summed E-state index contributed by atoms with van der Waals surface area (Å²) >= 11 is 0. The van der Waals surface area contributed by atoms with Crippen LogP contribution in [0.15, 0.2) is 255 Å². The summed E-state index contributed by atoms with van der Waals surface area (Å²) in [5.41, 5.74) is 16.4. The summed E-state index contributed by atoms with van der Waals surface area (Å²) in [6, 6.07) is 92.7. The predicted molar refractivity (Wildman–Crippen MR) is 272 cm³/mol. The number of anilines is 3. The Bertz CT molecular complexity index is 3640. The van der Waals surface area contributed by atoms with Gasteiger partial charge in [0.15, 0.2) is 0 Å². The van der Waals surface area contributed by atoms with Crippen LogP contribution in [0.2, 0.25) is 0 Å². The molecule has 2 heteroatoms. The van der Waals surface area contributed by atoms with Crippen LogP contribution in [0.5, 0.6) is 0 Å². The standard InChI is InChI=1S/C62H42N2/c1-3-16-43(17-4-1)48-21-13-25-53(40-48)63(52-38-36-45(37-39-52)44-32-34-47(35-33-44)56-30-15-20-46-18-7-9-27-55(46)56)54-26-14-22-50(41-54)61-57-28-10-8-19-49(57)42-60-62(61)58-29-11-12-31-59(58)64(60)51-23-5-2-6-24-51/h1-42H. The molecule has 0 spiro atoms. The number of hydrogen-bond donors (Lipinski definition) is 0. The molecular formula is C62H42N2. The van der Waals surface area contributed by atoms with Crippen LogP contribution < -0.4 is 4.90 Å². The van der Waals surface area contributed by atoms with Crippen LogP contribution >= 0.6 is 0 Å². The van der Waals surface area contributed by atoms with E-state index >= 15 is 0 Å². The molecule has 0 saturated carbocycles. The van der Waals surface area contributed by atoms with Crippen LogP contribution in [0.1, 0.15) is 0 Å². The first kappa shape index (κ1) is 37.3. The molecule has 0 aliphatic carbocycles. The monoisotopic (exact) mass is 814 g/mol. The van der Waals surface area contributed by atoms with Gasteiger partial charge in [-0.05, 0) is 127 Å². The number of para-hydroxylation sites is 2. The lowest BCUT2D eigenvalue weighted by atomic mass is 9.92. The maximum absolute atomic E-state index is 2.42. The number of fused-ring (bicyclic) bond motifs is 5. The highest BCUT2D eigenvalue weighted by atomic mass is 15.1. The van der Waals surface area contributed by atoms with Crippen molar-refractivity contribution in [3.05, 3.63) is 255 Å². The molecule has 12 rings (SSSR count). The Morgan fingerprint density at radius 2 is 0.797 bits per heavy atom. The first-order valence-electron chi connectivity index (χ1n) is 22.0. The van der Waals surface area contributed by atoms with Gasteiger partial charge in [-0.2, -0.15) is 0 Å². The van der Waals surface area contributed by atoms with Gasteiger partial charge in [-0.3, -0.25) is 0 Å². The van der Waals surface area contributed by atoms with E-state index in [2.05, 4.69) is 264 Å². The third kappa shape index (κ3) is 6.52. The number of hydrogen-bond acceptors (Lipinski definition) is 1. The first-order valence-corrected chi connectivity index (χ1v) is 22.0.